The Morgan fingerprint density at radius 3 is 1.92 bits per heavy atom. The summed E-state index contributed by atoms with van der Waals surface area (Å²) in [6, 6.07) is 22.2. The van der Waals surface area contributed by atoms with Crippen molar-refractivity contribution in [2.75, 3.05) is 0 Å². The average Bonchev–Trinajstić information content (AvgIpc) is 2.90. The van der Waals surface area contributed by atoms with Gasteiger partial charge in [0.1, 0.15) is 0 Å². The zero-order valence-electron chi connectivity index (χ0n) is 15.7. The van der Waals surface area contributed by atoms with Gasteiger partial charge < -0.3 is 4.57 Å². The number of rotatable bonds is 1. The Bertz CT molecular complexity index is 1070. The molecule has 1 aromatic heterocycles. The second-order valence-electron chi connectivity index (χ2n) is 8.09. The van der Waals surface area contributed by atoms with E-state index in [2.05, 4.69) is 99.8 Å². The van der Waals surface area contributed by atoms with E-state index in [4.69, 9.17) is 0 Å². The topological polar surface area (TPSA) is 4.93 Å². The second-order valence-corrected chi connectivity index (χ2v) is 8.09. The summed E-state index contributed by atoms with van der Waals surface area (Å²) in [7, 11) is 0. The predicted octanol–water partition coefficient (Wildman–Crippen LogP) is 6.70. The van der Waals surface area contributed by atoms with Gasteiger partial charge in [0.15, 0.2) is 0 Å². The summed E-state index contributed by atoms with van der Waals surface area (Å²) in [4.78, 5) is 0. The lowest BCUT2D eigenvalue weighted by atomic mass is 9.84. The van der Waals surface area contributed by atoms with E-state index in [0.717, 1.165) is 0 Å². The smallest absolute Gasteiger partial charge is 0.0544 e. The van der Waals surface area contributed by atoms with Gasteiger partial charge in [-0.2, -0.15) is 0 Å². The zero-order chi connectivity index (χ0) is 17.8. The molecular weight excluding hydrogens is 302 g/mol. The van der Waals surface area contributed by atoms with Crippen molar-refractivity contribution >= 4 is 21.8 Å². The van der Waals surface area contributed by atoms with Crippen LogP contribution in [-0.4, -0.2) is 4.57 Å². The second kappa shape index (κ2) is 5.49. The summed E-state index contributed by atoms with van der Waals surface area (Å²) < 4.78 is 2.41. The molecule has 0 aliphatic heterocycles. The maximum absolute atomic E-state index is 2.41. The summed E-state index contributed by atoms with van der Waals surface area (Å²) in [5, 5.41) is 2.77. The van der Waals surface area contributed by atoms with Crippen LogP contribution in [0.2, 0.25) is 0 Å². The molecule has 0 bridgehead atoms. The van der Waals surface area contributed by atoms with Crippen molar-refractivity contribution in [3.8, 4) is 5.69 Å². The molecule has 0 atom stereocenters. The van der Waals surface area contributed by atoms with E-state index in [1.807, 2.05) is 0 Å². The van der Waals surface area contributed by atoms with Crippen molar-refractivity contribution in [1.82, 2.24) is 4.57 Å². The Kier molecular flexibility index (Phi) is 3.50. The number of fused-ring (bicyclic) bond motifs is 3. The number of nitrogens with zero attached hydrogens (tertiary/aromatic N) is 1. The normalized spacial score (nSPS) is 12.2. The fraction of sp³-hybridized carbons (Fsp3) is 0.250. The number of hydrogen-bond donors (Lipinski definition) is 0. The molecular formula is C24H25N. The molecule has 0 N–H and O–H groups in total. The first kappa shape index (κ1) is 16.0. The van der Waals surface area contributed by atoms with Crippen LogP contribution in [0.4, 0.5) is 0 Å². The van der Waals surface area contributed by atoms with Crippen LogP contribution in [-0.2, 0) is 5.41 Å². The van der Waals surface area contributed by atoms with Crippen molar-refractivity contribution in [2.45, 2.75) is 40.0 Å². The third-order valence-corrected chi connectivity index (χ3v) is 5.13. The molecule has 0 spiro atoms. The molecule has 1 heteroatoms. The Balaban J connectivity index is 2.23. The zero-order valence-corrected chi connectivity index (χ0v) is 15.7. The Labute approximate surface area is 149 Å². The van der Waals surface area contributed by atoms with Crippen LogP contribution in [0, 0.1) is 13.8 Å². The fourth-order valence-corrected chi connectivity index (χ4v) is 3.88. The summed E-state index contributed by atoms with van der Waals surface area (Å²) in [5.41, 5.74) is 7.95. The highest BCUT2D eigenvalue weighted by molar-refractivity contribution is 6.12. The summed E-state index contributed by atoms with van der Waals surface area (Å²) in [6.45, 7) is 11.3. The molecule has 0 fully saturated rings. The van der Waals surface area contributed by atoms with Gasteiger partial charge in [0.25, 0.3) is 0 Å². The molecule has 1 heterocycles. The maximum atomic E-state index is 2.41. The van der Waals surface area contributed by atoms with Gasteiger partial charge in [0.2, 0.25) is 0 Å². The molecule has 1 nitrogen and oxygen atoms in total. The number of aryl methyl sites for hydroxylation is 2. The molecule has 0 radical (unpaired) electrons. The van der Waals surface area contributed by atoms with E-state index in [1.54, 1.807) is 0 Å². The molecule has 0 saturated heterocycles. The maximum Gasteiger partial charge on any atom is 0.0544 e. The van der Waals surface area contributed by atoms with Gasteiger partial charge in [-0.05, 0) is 54.7 Å². The Morgan fingerprint density at radius 2 is 1.28 bits per heavy atom. The van der Waals surface area contributed by atoms with Gasteiger partial charge in [0.05, 0.1) is 11.0 Å². The van der Waals surface area contributed by atoms with Crippen molar-refractivity contribution in [3.63, 3.8) is 0 Å². The summed E-state index contributed by atoms with van der Waals surface area (Å²) >= 11 is 0. The highest BCUT2D eigenvalue weighted by Crippen LogP contribution is 2.39. The van der Waals surface area contributed by atoms with Crippen LogP contribution in [0.3, 0.4) is 0 Å². The van der Waals surface area contributed by atoms with Gasteiger partial charge in [0, 0.05) is 16.5 Å². The van der Waals surface area contributed by atoms with Gasteiger partial charge >= 0.3 is 0 Å². The quantitative estimate of drug-likeness (QED) is 0.366. The van der Waals surface area contributed by atoms with Crippen molar-refractivity contribution in [2.24, 2.45) is 0 Å². The third kappa shape index (κ3) is 2.46. The summed E-state index contributed by atoms with van der Waals surface area (Å²) in [5.74, 6) is 0. The first-order valence-corrected chi connectivity index (χ1v) is 8.98. The lowest BCUT2D eigenvalue weighted by Crippen LogP contribution is -2.11. The lowest BCUT2D eigenvalue weighted by molar-refractivity contribution is 0.596. The Morgan fingerprint density at radius 1 is 0.680 bits per heavy atom. The van der Waals surface area contributed by atoms with Crippen molar-refractivity contribution in [1.29, 1.82) is 0 Å². The van der Waals surface area contributed by atoms with E-state index >= 15 is 0 Å². The molecule has 0 unspecified atom stereocenters. The largest absolute Gasteiger partial charge is 0.309 e. The minimum absolute atomic E-state index is 0.105. The summed E-state index contributed by atoms with van der Waals surface area (Å²) in [6.07, 6.45) is 0. The number of hydrogen-bond acceptors (Lipinski definition) is 0. The standard InChI is InChI=1S/C24H25N/c1-16-12-14-18(15-13-16)25-20-10-6-8-17(2)22(20)23-19(24(3,4)5)9-7-11-21(23)25/h6-15H,1-5H3. The first-order valence-electron chi connectivity index (χ1n) is 8.98. The van der Waals surface area contributed by atoms with E-state index in [9.17, 15) is 0 Å². The van der Waals surface area contributed by atoms with Crippen LogP contribution in [0.15, 0.2) is 60.7 Å². The lowest BCUT2D eigenvalue weighted by Gasteiger charge is -2.21. The van der Waals surface area contributed by atoms with Gasteiger partial charge in [-0.25, -0.2) is 0 Å². The van der Waals surface area contributed by atoms with E-state index in [-0.39, 0.29) is 5.41 Å². The van der Waals surface area contributed by atoms with Crippen LogP contribution >= 0.6 is 0 Å². The van der Waals surface area contributed by atoms with E-state index in [1.165, 1.54) is 44.2 Å². The highest BCUT2D eigenvalue weighted by Gasteiger charge is 2.22. The van der Waals surface area contributed by atoms with E-state index in [0.29, 0.717) is 0 Å². The van der Waals surface area contributed by atoms with Gasteiger partial charge in [-0.1, -0.05) is 62.7 Å². The van der Waals surface area contributed by atoms with Crippen molar-refractivity contribution < 1.29 is 0 Å². The van der Waals surface area contributed by atoms with Gasteiger partial charge in [-0.3, -0.25) is 0 Å². The van der Waals surface area contributed by atoms with Crippen LogP contribution in [0.1, 0.15) is 37.5 Å². The van der Waals surface area contributed by atoms with Crippen LogP contribution in [0.5, 0.6) is 0 Å². The number of benzene rings is 3. The molecule has 0 aliphatic rings. The predicted molar refractivity (Wildman–Crippen MR) is 109 cm³/mol. The molecule has 25 heavy (non-hydrogen) atoms. The van der Waals surface area contributed by atoms with Crippen LogP contribution < -0.4 is 0 Å². The van der Waals surface area contributed by atoms with Crippen molar-refractivity contribution in [3.05, 3.63) is 77.4 Å². The van der Waals surface area contributed by atoms with Crippen LogP contribution in [0.25, 0.3) is 27.5 Å². The first-order chi connectivity index (χ1) is 11.9. The third-order valence-electron chi connectivity index (χ3n) is 5.13. The SMILES string of the molecule is Cc1ccc(-n2c3cccc(C)c3c3c(C(C)(C)C)cccc32)cc1. The monoisotopic (exact) mass is 327 g/mol. The minimum Gasteiger partial charge on any atom is -0.309 e. The molecule has 0 amide bonds. The minimum atomic E-state index is 0.105. The molecule has 3 aromatic carbocycles. The fourth-order valence-electron chi connectivity index (χ4n) is 3.88. The molecule has 0 aliphatic carbocycles. The van der Waals surface area contributed by atoms with Gasteiger partial charge in [-0.15, -0.1) is 0 Å². The van der Waals surface area contributed by atoms with E-state index < -0.39 is 0 Å². The highest BCUT2D eigenvalue weighted by atomic mass is 15.0. The molecule has 0 saturated carbocycles. The average molecular weight is 327 g/mol. The molecule has 4 rings (SSSR count). The molecule has 126 valence electrons. The molecule has 4 aromatic rings. The number of aromatic nitrogens is 1. The Hall–Kier alpha value is -2.54.